The van der Waals surface area contributed by atoms with Crippen LogP contribution in [0.3, 0.4) is 0 Å². The molecule has 1 unspecified atom stereocenters. The topological polar surface area (TPSA) is 69.2 Å². The molecule has 0 aliphatic carbocycles. The van der Waals surface area contributed by atoms with Gasteiger partial charge in [-0.05, 0) is 25.1 Å². The fourth-order valence-corrected chi connectivity index (χ4v) is 3.22. The van der Waals surface area contributed by atoms with Gasteiger partial charge in [-0.1, -0.05) is 0 Å². The maximum absolute atomic E-state index is 5.83. The van der Waals surface area contributed by atoms with Crippen LogP contribution in [0.25, 0.3) is 0 Å². The Kier molecular flexibility index (Phi) is 4.23. The first-order chi connectivity index (χ1) is 12.2. The van der Waals surface area contributed by atoms with Gasteiger partial charge in [-0.3, -0.25) is 4.90 Å². The zero-order valence-corrected chi connectivity index (χ0v) is 14.4. The zero-order chi connectivity index (χ0) is 17.2. The standard InChI is InChI=1S/C18H21N5O2/c1-13-4-5-15(25-13)9-23-10-16-17(22(2)12-21-16)8-14(23)11-24-18-19-6-3-7-20-18/h3-7,12,14H,8-11H2,1-2H3. The van der Waals surface area contributed by atoms with E-state index in [0.717, 1.165) is 36.7 Å². The average Bonchev–Trinajstić information content (AvgIpc) is 3.19. The lowest BCUT2D eigenvalue weighted by Gasteiger charge is -2.34. The van der Waals surface area contributed by atoms with Crippen LogP contribution in [0.2, 0.25) is 0 Å². The highest BCUT2D eigenvalue weighted by atomic mass is 16.5. The molecule has 0 aromatic carbocycles. The number of ether oxygens (including phenoxy) is 1. The van der Waals surface area contributed by atoms with Gasteiger partial charge in [0, 0.05) is 38.1 Å². The minimum absolute atomic E-state index is 0.206. The number of aryl methyl sites for hydroxylation is 2. The Balaban J connectivity index is 1.52. The van der Waals surface area contributed by atoms with E-state index in [1.165, 1.54) is 5.69 Å². The third-order valence-electron chi connectivity index (χ3n) is 4.55. The van der Waals surface area contributed by atoms with Crippen molar-refractivity contribution in [2.75, 3.05) is 6.61 Å². The summed E-state index contributed by atoms with van der Waals surface area (Å²) in [5.41, 5.74) is 2.38. The number of hydrogen-bond acceptors (Lipinski definition) is 6. The SMILES string of the molecule is Cc1ccc(CN2Cc3ncn(C)c3CC2COc2ncccn2)o1. The third-order valence-corrected chi connectivity index (χ3v) is 4.55. The molecule has 0 spiro atoms. The van der Waals surface area contributed by atoms with Gasteiger partial charge in [0.1, 0.15) is 18.1 Å². The molecule has 1 aliphatic rings. The van der Waals surface area contributed by atoms with Crippen molar-refractivity contribution in [1.29, 1.82) is 0 Å². The van der Waals surface area contributed by atoms with E-state index in [9.17, 15) is 0 Å². The van der Waals surface area contributed by atoms with Gasteiger partial charge in [-0.15, -0.1) is 0 Å². The fraction of sp³-hybridized carbons (Fsp3) is 0.389. The molecule has 0 saturated heterocycles. The van der Waals surface area contributed by atoms with Gasteiger partial charge in [0.25, 0.3) is 0 Å². The third kappa shape index (κ3) is 3.41. The van der Waals surface area contributed by atoms with Gasteiger partial charge >= 0.3 is 6.01 Å². The zero-order valence-electron chi connectivity index (χ0n) is 14.4. The number of aromatic nitrogens is 4. The van der Waals surface area contributed by atoms with Crippen LogP contribution in [0.1, 0.15) is 22.9 Å². The van der Waals surface area contributed by atoms with Crippen LogP contribution in [0, 0.1) is 6.92 Å². The van der Waals surface area contributed by atoms with Crippen molar-refractivity contribution in [3.05, 3.63) is 59.8 Å². The van der Waals surface area contributed by atoms with E-state index >= 15 is 0 Å². The maximum atomic E-state index is 5.83. The summed E-state index contributed by atoms with van der Waals surface area (Å²) in [7, 11) is 2.04. The van der Waals surface area contributed by atoms with Crippen molar-refractivity contribution in [3.8, 4) is 6.01 Å². The first kappa shape index (κ1) is 15.8. The Morgan fingerprint density at radius 1 is 1.24 bits per heavy atom. The molecule has 0 radical (unpaired) electrons. The average molecular weight is 339 g/mol. The minimum atomic E-state index is 0.206. The van der Waals surface area contributed by atoms with E-state index in [-0.39, 0.29) is 6.04 Å². The van der Waals surface area contributed by atoms with Gasteiger partial charge in [0.2, 0.25) is 0 Å². The van der Waals surface area contributed by atoms with E-state index in [2.05, 4.69) is 24.4 Å². The summed E-state index contributed by atoms with van der Waals surface area (Å²) >= 11 is 0. The Bertz CT molecular complexity index is 842. The van der Waals surface area contributed by atoms with Crippen LogP contribution in [-0.4, -0.2) is 37.1 Å². The molecule has 0 amide bonds. The molecular weight excluding hydrogens is 318 g/mol. The molecule has 3 aromatic rings. The number of furan rings is 1. The molecule has 0 saturated carbocycles. The molecule has 0 N–H and O–H groups in total. The molecule has 7 nitrogen and oxygen atoms in total. The predicted molar refractivity (Wildman–Crippen MR) is 90.9 cm³/mol. The smallest absolute Gasteiger partial charge is 0.316 e. The van der Waals surface area contributed by atoms with Crippen LogP contribution >= 0.6 is 0 Å². The predicted octanol–water partition coefficient (Wildman–Crippen LogP) is 2.12. The molecule has 0 fully saturated rings. The molecule has 25 heavy (non-hydrogen) atoms. The van der Waals surface area contributed by atoms with E-state index in [1.54, 1.807) is 18.5 Å². The van der Waals surface area contributed by atoms with Gasteiger partial charge in [-0.2, -0.15) is 0 Å². The second kappa shape index (κ2) is 6.68. The van der Waals surface area contributed by atoms with Gasteiger partial charge in [0.05, 0.1) is 24.6 Å². The maximum Gasteiger partial charge on any atom is 0.316 e. The van der Waals surface area contributed by atoms with Crippen LogP contribution in [0.15, 0.2) is 41.3 Å². The van der Waals surface area contributed by atoms with Crippen molar-refractivity contribution in [2.45, 2.75) is 32.5 Å². The molecule has 4 rings (SSSR count). The van der Waals surface area contributed by atoms with Crippen molar-refractivity contribution in [1.82, 2.24) is 24.4 Å². The molecule has 1 atom stereocenters. The number of rotatable bonds is 5. The molecule has 130 valence electrons. The van der Waals surface area contributed by atoms with Gasteiger partial charge in [-0.25, -0.2) is 15.0 Å². The summed E-state index contributed by atoms with van der Waals surface area (Å²) in [5, 5.41) is 0. The summed E-state index contributed by atoms with van der Waals surface area (Å²) in [6.07, 6.45) is 6.12. The second-order valence-corrected chi connectivity index (χ2v) is 6.37. The summed E-state index contributed by atoms with van der Waals surface area (Å²) in [6, 6.07) is 6.42. The van der Waals surface area contributed by atoms with Crippen molar-refractivity contribution >= 4 is 0 Å². The van der Waals surface area contributed by atoms with Gasteiger partial charge < -0.3 is 13.7 Å². The Labute approximate surface area is 146 Å². The summed E-state index contributed by atoms with van der Waals surface area (Å²) in [5.74, 6) is 1.88. The van der Waals surface area contributed by atoms with E-state index in [1.807, 2.05) is 32.4 Å². The highest BCUT2D eigenvalue weighted by molar-refractivity contribution is 5.19. The molecular formula is C18H21N5O2. The largest absolute Gasteiger partial charge is 0.465 e. The number of nitrogens with zero attached hydrogens (tertiary/aromatic N) is 5. The Hall–Kier alpha value is -2.67. The first-order valence-electron chi connectivity index (χ1n) is 8.37. The summed E-state index contributed by atoms with van der Waals surface area (Å²) in [6.45, 7) is 3.99. The lowest BCUT2D eigenvalue weighted by Crippen LogP contribution is -2.44. The Morgan fingerprint density at radius 2 is 2.08 bits per heavy atom. The quantitative estimate of drug-likeness (QED) is 0.709. The lowest BCUT2D eigenvalue weighted by molar-refractivity contribution is 0.0952. The molecule has 0 bridgehead atoms. The Morgan fingerprint density at radius 3 is 2.84 bits per heavy atom. The highest BCUT2D eigenvalue weighted by Crippen LogP contribution is 2.25. The monoisotopic (exact) mass is 339 g/mol. The van der Waals surface area contributed by atoms with Crippen LogP contribution < -0.4 is 4.74 Å². The van der Waals surface area contributed by atoms with Gasteiger partial charge in [0.15, 0.2) is 0 Å². The molecule has 7 heteroatoms. The lowest BCUT2D eigenvalue weighted by atomic mass is 10.0. The van der Waals surface area contributed by atoms with E-state index < -0.39 is 0 Å². The van der Waals surface area contributed by atoms with Crippen molar-refractivity contribution in [2.24, 2.45) is 7.05 Å². The van der Waals surface area contributed by atoms with Crippen molar-refractivity contribution < 1.29 is 9.15 Å². The minimum Gasteiger partial charge on any atom is -0.465 e. The molecule has 4 heterocycles. The number of fused-ring (bicyclic) bond motifs is 1. The van der Waals surface area contributed by atoms with Crippen LogP contribution in [0.4, 0.5) is 0 Å². The van der Waals surface area contributed by atoms with Crippen LogP contribution in [-0.2, 0) is 26.6 Å². The highest BCUT2D eigenvalue weighted by Gasteiger charge is 2.30. The first-order valence-corrected chi connectivity index (χ1v) is 8.37. The molecule has 3 aromatic heterocycles. The number of hydrogen-bond donors (Lipinski definition) is 0. The molecule has 1 aliphatic heterocycles. The summed E-state index contributed by atoms with van der Waals surface area (Å²) in [4.78, 5) is 15.2. The summed E-state index contributed by atoms with van der Waals surface area (Å²) < 4.78 is 13.7. The normalized spacial score (nSPS) is 17.4. The van der Waals surface area contributed by atoms with E-state index in [0.29, 0.717) is 12.6 Å². The van der Waals surface area contributed by atoms with Crippen molar-refractivity contribution in [3.63, 3.8) is 0 Å². The van der Waals surface area contributed by atoms with E-state index in [4.69, 9.17) is 9.15 Å². The number of imidazole rings is 1. The van der Waals surface area contributed by atoms with Crippen LogP contribution in [0.5, 0.6) is 6.01 Å². The fourth-order valence-electron chi connectivity index (χ4n) is 3.22. The second-order valence-electron chi connectivity index (χ2n) is 6.37.